The molecule has 2 heterocycles. The Morgan fingerprint density at radius 3 is 2.80 bits per heavy atom. The van der Waals surface area contributed by atoms with Gasteiger partial charge in [0.15, 0.2) is 0 Å². The van der Waals surface area contributed by atoms with E-state index in [4.69, 9.17) is 0 Å². The van der Waals surface area contributed by atoms with E-state index in [1.54, 1.807) is 4.68 Å². The number of aromatic nitrogens is 4. The number of hydrogen-bond acceptors (Lipinski definition) is 5. The number of hydrogen-bond donors (Lipinski definition) is 2. The highest BCUT2D eigenvalue weighted by Gasteiger charge is 2.20. The molecule has 2 N–H and O–H groups in total. The standard InChI is InChI=1S/C13H16N6O/c20-13(12-3-1-2-8-14-12)16-10-4-6-11(7-5-10)19-9-15-17-18-19/h4-7,9,12,14H,1-3,8H2,(H,16,20). The van der Waals surface area contributed by atoms with Crippen LogP contribution in [0.2, 0.25) is 0 Å². The molecule has 0 saturated carbocycles. The van der Waals surface area contributed by atoms with E-state index in [1.165, 1.54) is 6.33 Å². The predicted molar refractivity (Wildman–Crippen MR) is 73.4 cm³/mol. The lowest BCUT2D eigenvalue weighted by molar-refractivity contribution is -0.118. The Labute approximate surface area is 116 Å². The third-order valence-corrected chi connectivity index (χ3v) is 3.38. The van der Waals surface area contributed by atoms with Gasteiger partial charge in [-0.25, -0.2) is 4.68 Å². The first-order valence-electron chi connectivity index (χ1n) is 6.70. The van der Waals surface area contributed by atoms with Crippen LogP contribution in [0.15, 0.2) is 30.6 Å². The summed E-state index contributed by atoms with van der Waals surface area (Å²) in [4.78, 5) is 12.1. The van der Waals surface area contributed by atoms with Crippen molar-refractivity contribution in [1.29, 1.82) is 0 Å². The lowest BCUT2D eigenvalue weighted by Gasteiger charge is -2.22. The van der Waals surface area contributed by atoms with Crippen LogP contribution in [0.5, 0.6) is 0 Å². The largest absolute Gasteiger partial charge is 0.325 e. The molecule has 1 aromatic carbocycles. The highest BCUT2D eigenvalue weighted by atomic mass is 16.2. The number of anilines is 1. The molecule has 0 spiro atoms. The number of benzene rings is 1. The van der Waals surface area contributed by atoms with E-state index in [-0.39, 0.29) is 11.9 Å². The van der Waals surface area contributed by atoms with Crippen LogP contribution in [0.1, 0.15) is 19.3 Å². The minimum absolute atomic E-state index is 0.0277. The Morgan fingerprint density at radius 2 is 2.15 bits per heavy atom. The van der Waals surface area contributed by atoms with Gasteiger partial charge in [0, 0.05) is 5.69 Å². The van der Waals surface area contributed by atoms with Gasteiger partial charge in [0.25, 0.3) is 0 Å². The average Bonchev–Trinajstić information content (AvgIpc) is 3.03. The fourth-order valence-electron chi connectivity index (χ4n) is 2.28. The van der Waals surface area contributed by atoms with Crippen LogP contribution < -0.4 is 10.6 Å². The van der Waals surface area contributed by atoms with Crippen LogP contribution in [-0.2, 0) is 4.79 Å². The number of carbonyl (C=O) groups excluding carboxylic acids is 1. The number of nitrogens with one attached hydrogen (secondary N) is 2. The molecule has 1 saturated heterocycles. The zero-order valence-corrected chi connectivity index (χ0v) is 11.0. The molecule has 1 amide bonds. The van der Waals surface area contributed by atoms with E-state index in [0.717, 1.165) is 37.2 Å². The van der Waals surface area contributed by atoms with Crippen molar-refractivity contribution in [3.05, 3.63) is 30.6 Å². The molecule has 20 heavy (non-hydrogen) atoms. The third-order valence-electron chi connectivity index (χ3n) is 3.38. The van der Waals surface area contributed by atoms with Crippen molar-refractivity contribution in [3.63, 3.8) is 0 Å². The van der Waals surface area contributed by atoms with Gasteiger partial charge in [-0.05, 0) is 54.1 Å². The summed E-state index contributed by atoms with van der Waals surface area (Å²) in [5.74, 6) is 0.0277. The molecule has 1 aliphatic rings. The van der Waals surface area contributed by atoms with Gasteiger partial charge in [-0.2, -0.15) is 0 Å². The molecule has 0 radical (unpaired) electrons. The average molecular weight is 272 g/mol. The SMILES string of the molecule is O=C(Nc1ccc(-n2cnnn2)cc1)C1CCCCN1. The van der Waals surface area contributed by atoms with Crippen molar-refractivity contribution in [1.82, 2.24) is 25.5 Å². The van der Waals surface area contributed by atoms with Crippen LogP contribution >= 0.6 is 0 Å². The molecule has 3 rings (SSSR count). The van der Waals surface area contributed by atoms with Gasteiger partial charge in [-0.15, -0.1) is 5.10 Å². The first-order valence-corrected chi connectivity index (χ1v) is 6.70. The summed E-state index contributed by atoms with van der Waals surface area (Å²) in [5.41, 5.74) is 1.63. The normalized spacial score (nSPS) is 18.7. The fraction of sp³-hybridized carbons (Fsp3) is 0.385. The number of carbonyl (C=O) groups is 1. The summed E-state index contributed by atoms with van der Waals surface area (Å²) >= 11 is 0. The molecule has 104 valence electrons. The van der Waals surface area contributed by atoms with Gasteiger partial charge in [-0.1, -0.05) is 6.42 Å². The van der Waals surface area contributed by atoms with E-state index >= 15 is 0 Å². The molecule has 7 heteroatoms. The van der Waals surface area contributed by atoms with Crippen LogP contribution in [-0.4, -0.2) is 38.7 Å². The molecular formula is C13H16N6O. The maximum atomic E-state index is 12.1. The molecule has 1 unspecified atom stereocenters. The van der Waals surface area contributed by atoms with E-state index in [0.29, 0.717) is 0 Å². The third kappa shape index (κ3) is 2.83. The maximum absolute atomic E-state index is 12.1. The monoisotopic (exact) mass is 272 g/mol. The number of rotatable bonds is 3. The van der Waals surface area contributed by atoms with E-state index < -0.39 is 0 Å². The number of piperidine rings is 1. The van der Waals surface area contributed by atoms with Crippen molar-refractivity contribution in [2.75, 3.05) is 11.9 Å². The van der Waals surface area contributed by atoms with Crippen LogP contribution in [0.4, 0.5) is 5.69 Å². The molecule has 0 aliphatic carbocycles. The number of tetrazole rings is 1. The van der Waals surface area contributed by atoms with Crippen molar-refractivity contribution < 1.29 is 4.79 Å². The maximum Gasteiger partial charge on any atom is 0.241 e. The molecule has 0 bridgehead atoms. The van der Waals surface area contributed by atoms with Crippen LogP contribution in [0.25, 0.3) is 5.69 Å². The van der Waals surface area contributed by atoms with Gasteiger partial charge in [0.2, 0.25) is 5.91 Å². The number of amides is 1. The summed E-state index contributed by atoms with van der Waals surface area (Å²) in [5, 5.41) is 17.1. The first kappa shape index (κ1) is 12.7. The van der Waals surface area contributed by atoms with Gasteiger partial charge in [0.1, 0.15) is 6.33 Å². The number of nitrogens with zero attached hydrogens (tertiary/aromatic N) is 4. The Kier molecular flexibility index (Phi) is 3.69. The Bertz CT molecular complexity index is 559. The highest BCUT2D eigenvalue weighted by molar-refractivity contribution is 5.94. The molecule has 7 nitrogen and oxygen atoms in total. The predicted octanol–water partition coefficient (Wildman–Crippen LogP) is 0.743. The van der Waals surface area contributed by atoms with Crippen LogP contribution in [0.3, 0.4) is 0 Å². The molecule has 1 atom stereocenters. The van der Waals surface area contributed by atoms with Gasteiger partial charge in [0.05, 0.1) is 11.7 Å². The topological polar surface area (TPSA) is 84.7 Å². The molecule has 1 aromatic heterocycles. The summed E-state index contributed by atoms with van der Waals surface area (Å²) in [6.45, 7) is 0.913. The summed E-state index contributed by atoms with van der Waals surface area (Å²) in [6.07, 6.45) is 4.67. The summed E-state index contributed by atoms with van der Waals surface area (Å²) in [6, 6.07) is 7.33. The Balaban J connectivity index is 1.64. The van der Waals surface area contributed by atoms with Gasteiger partial charge in [-0.3, -0.25) is 4.79 Å². The van der Waals surface area contributed by atoms with Crippen molar-refractivity contribution >= 4 is 11.6 Å². The molecule has 2 aromatic rings. The Morgan fingerprint density at radius 1 is 1.30 bits per heavy atom. The second-order valence-electron chi connectivity index (χ2n) is 4.79. The van der Waals surface area contributed by atoms with E-state index in [9.17, 15) is 4.79 Å². The van der Waals surface area contributed by atoms with Crippen molar-refractivity contribution in [3.8, 4) is 5.69 Å². The molecule has 1 fully saturated rings. The second-order valence-corrected chi connectivity index (χ2v) is 4.79. The quantitative estimate of drug-likeness (QED) is 0.861. The molecule has 1 aliphatic heterocycles. The lowest BCUT2D eigenvalue weighted by Crippen LogP contribution is -2.43. The van der Waals surface area contributed by atoms with E-state index in [1.807, 2.05) is 24.3 Å². The smallest absolute Gasteiger partial charge is 0.241 e. The minimum atomic E-state index is -0.0806. The van der Waals surface area contributed by atoms with E-state index in [2.05, 4.69) is 26.2 Å². The second kappa shape index (κ2) is 5.79. The lowest BCUT2D eigenvalue weighted by atomic mass is 10.0. The van der Waals surface area contributed by atoms with Gasteiger partial charge < -0.3 is 10.6 Å². The summed E-state index contributed by atoms with van der Waals surface area (Å²) in [7, 11) is 0. The zero-order valence-electron chi connectivity index (χ0n) is 11.0. The Hall–Kier alpha value is -2.28. The van der Waals surface area contributed by atoms with Crippen LogP contribution in [0, 0.1) is 0 Å². The fourth-order valence-corrected chi connectivity index (χ4v) is 2.28. The molecular weight excluding hydrogens is 256 g/mol. The zero-order chi connectivity index (χ0) is 13.8. The summed E-state index contributed by atoms with van der Waals surface area (Å²) < 4.78 is 1.56. The van der Waals surface area contributed by atoms with Crippen molar-refractivity contribution in [2.45, 2.75) is 25.3 Å². The first-order chi connectivity index (χ1) is 9.83. The van der Waals surface area contributed by atoms with Crippen molar-refractivity contribution in [2.24, 2.45) is 0 Å². The van der Waals surface area contributed by atoms with Gasteiger partial charge >= 0.3 is 0 Å². The minimum Gasteiger partial charge on any atom is -0.325 e. The highest BCUT2D eigenvalue weighted by Crippen LogP contribution is 2.14.